The first-order valence-corrected chi connectivity index (χ1v) is 9.21. The second kappa shape index (κ2) is 8.15. The van der Waals surface area contributed by atoms with Gasteiger partial charge in [-0.15, -0.1) is 12.4 Å². The predicted molar refractivity (Wildman–Crippen MR) is 114 cm³/mol. The van der Waals surface area contributed by atoms with Crippen molar-refractivity contribution in [2.75, 3.05) is 16.8 Å². The molecule has 0 spiro atoms. The summed E-state index contributed by atoms with van der Waals surface area (Å²) in [6.45, 7) is 8.03. The highest BCUT2D eigenvalue weighted by Gasteiger charge is 2.21. The van der Waals surface area contributed by atoms with Crippen LogP contribution in [0.4, 0.5) is 21.8 Å². The van der Waals surface area contributed by atoms with Crippen LogP contribution >= 0.6 is 12.4 Å². The van der Waals surface area contributed by atoms with Crippen molar-refractivity contribution in [1.29, 1.82) is 0 Å². The lowest BCUT2D eigenvalue weighted by molar-refractivity contribution is 0.628. The summed E-state index contributed by atoms with van der Waals surface area (Å²) in [5.41, 5.74) is 6.96. The number of anilines is 3. The Balaban J connectivity index is 0.00000225. The van der Waals surface area contributed by atoms with E-state index in [1.807, 2.05) is 6.92 Å². The standard InChI is InChI=1S/C22H23FN4.ClH/c1-14-5-4-6-17-11-12-27(13-20(14)17)21-15(2)16(3)24-22(26-21)25-19-9-7-18(23)8-10-19;/h4-10H,11-13H2,1-3H3,(H,24,25,26);1H. The molecule has 4 nitrogen and oxygen atoms in total. The molecule has 0 bridgehead atoms. The third-order valence-electron chi connectivity index (χ3n) is 5.27. The maximum atomic E-state index is 13.1. The van der Waals surface area contributed by atoms with E-state index in [9.17, 15) is 4.39 Å². The Labute approximate surface area is 171 Å². The van der Waals surface area contributed by atoms with E-state index in [2.05, 4.69) is 47.2 Å². The molecule has 28 heavy (non-hydrogen) atoms. The smallest absolute Gasteiger partial charge is 0.229 e. The van der Waals surface area contributed by atoms with Crippen LogP contribution in [0.25, 0.3) is 0 Å². The van der Waals surface area contributed by atoms with Crippen molar-refractivity contribution in [2.24, 2.45) is 0 Å². The van der Waals surface area contributed by atoms with Crippen LogP contribution in [0.3, 0.4) is 0 Å². The van der Waals surface area contributed by atoms with Crippen LogP contribution in [0.2, 0.25) is 0 Å². The molecule has 0 radical (unpaired) electrons. The van der Waals surface area contributed by atoms with E-state index < -0.39 is 0 Å². The van der Waals surface area contributed by atoms with Crippen molar-refractivity contribution in [1.82, 2.24) is 9.97 Å². The van der Waals surface area contributed by atoms with Gasteiger partial charge in [0.25, 0.3) is 0 Å². The zero-order chi connectivity index (χ0) is 19.0. The van der Waals surface area contributed by atoms with E-state index >= 15 is 0 Å². The summed E-state index contributed by atoms with van der Waals surface area (Å²) in [6.07, 6.45) is 1.01. The summed E-state index contributed by atoms with van der Waals surface area (Å²) in [5, 5.41) is 3.19. The molecule has 1 aromatic heterocycles. The number of nitrogens with zero attached hydrogens (tertiary/aromatic N) is 3. The third-order valence-corrected chi connectivity index (χ3v) is 5.27. The van der Waals surface area contributed by atoms with Gasteiger partial charge in [-0.25, -0.2) is 9.37 Å². The molecule has 0 unspecified atom stereocenters. The molecule has 2 heterocycles. The van der Waals surface area contributed by atoms with Gasteiger partial charge in [0.15, 0.2) is 0 Å². The van der Waals surface area contributed by atoms with Gasteiger partial charge in [0.2, 0.25) is 5.95 Å². The Hall–Kier alpha value is -2.66. The molecule has 4 rings (SSSR count). The lowest BCUT2D eigenvalue weighted by Crippen LogP contribution is -2.32. The average molecular weight is 399 g/mol. The first-order chi connectivity index (χ1) is 13.0. The summed E-state index contributed by atoms with van der Waals surface area (Å²) < 4.78 is 13.1. The summed E-state index contributed by atoms with van der Waals surface area (Å²) in [4.78, 5) is 11.7. The van der Waals surface area contributed by atoms with Gasteiger partial charge in [-0.3, -0.25) is 0 Å². The van der Waals surface area contributed by atoms with Crippen molar-refractivity contribution in [2.45, 2.75) is 33.7 Å². The van der Waals surface area contributed by atoms with Gasteiger partial charge >= 0.3 is 0 Å². The quantitative estimate of drug-likeness (QED) is 0.652. The van der Waals surface area contributed by atoms with Gasteiger partial charge < -0.3 is 10.2 Å². The maximum Gasteiger partial charge on any atom is 0.229 e. The fourth-order valence-electron chi connectivity index (χ4n) is 3.57. The van der Waals surface area contributed by atoms with Gasteiger partial charge in [0.1, 0.15) is 11.6 Å². The molecule has 0 aliphatic carbocycles. The molecule has 0 fully saturated rings. The highest BCUT2D eigenvalue weighted by Crippen LogP contribution is 2.29. The van der Waals surface area contributed by atoms with Crippen molar-refractivity contribution in [3.63, 3.8) is 0 Å². The Morgan fingerprint density at radius 3 is 2.50 bits per heavy atom. The molecule has 1 aliphatic rings. The van der Waals surface area contributed by atoms with E-state index in [-0.39, 0.29) is 18.2 Å². The third kappa shape index (κ3) is 3.94. The van der Waals surface area contributed by atoms with Gasteiger partial charge in [-0.1, -0.05) is 18.2 Å². The number of nitrogens with one attached hydrogen (secondary N) is 1. The van der Waals surface area contributed by atoms with E-state index in [1.165, 1.54) is 28.8 Å². The highest BCUT2D eigenvalue weighted by atomic mass is 35.5. The van der Waals surface area contributed by atoms with Gasteiger partial charge in [0, 0.05) is 30.0 Å². The van der Waals surface area contributed by atoms with Crippen LogP contribution in [0, 0.1) is 26.6 Å². The number of aromatic nitrogens is 2. The summed E-state index contributed by atoms with van der Waals surface area (Å²) >= 11 is 0. The van der Waals surface area contributed by atoms with Crippen LogP contribution in [-0.2, 0) is 13.0 Å². The Morgan fingerprint density at radius 1 is 1.00 bits per heavy atom. The van der Waals surface area contributed by atoms with Gasteiger partial charge in [-0.2, -0.15) is 4.98 Å². The zero-order valence-corrected chi connectivity index (χ0v) is 17.1. The minimum absolute atomic E-state index is 0. The number of aryl methyl sites for hydroxylation is 2. The lowest BCUT2D eigenvalue weighted by atomic mass is 9.95. The minimum Gasteiger partial charge on any atom is -0.352 e. The predicted octanol–water partition coefficient (Wildman–Crippen LogP) is 5.27. The number of fused-ring (bicyclic) bond motifs is 1. The van der Waals surface area contributed by atoms with Crippen LogP contribution in [0.15, 0.2) is 42.5 Å². The fraction of sp³-hybridized carbons (Fsp3) is 0.273. The van der Waals surface area contributed by atoms with Crippen molar-refractivity contribution >= 4 is 29.9 Å². The second-order valence-electron chi connectivity index (χ2n) is 7.10. The Kier molecular flexibility index (Phi) is 5.84. The number of hydrogen-bond acceptors (Lipinski definition) is 4. The zero-order valence-electron chi connectivity index (χ0n) is 16.3. The highest BCUT2D eigenvalue weighted by molar-refractivity contribution is 5.85. The molecule has 2 aromatic carbocycles. The first-order valence-electron chi connectivity index (χ1n) is 9.21. The van der Waals surface area contributed by atoms with Gasteiger partial charge in [-0.05, 0) is 68.1 Å². The summed E-state index contributed by atoms with van der Waals surface area (Å²) in [6, 6.07) is 12.8. The lowest BCUT2D eigenvalue weighted by Gasteiger charge is -2.32. The van der Waals surface area contributed by atoms with Crippen molar-refractivity contribution in [3.05, 3.63) is 76.2 Å². The number of halogens is 2. The molecule has 0 saturated heterocycles. The molecule has 0 atom stereocenters. The molecular formula is C22H24ClFN4. The van der Waals surface area contributed by atoms with Crippen LogP contribution in [0.1, 0.15) is 27.9 Å². The summed E-state index contributed by atoms with van der Waals surface area (Å²) in [7, 11) is 0. The van der Waals surface area contributed by atoms with E-state index in [1.54, 1.807) is 12.1 Å². The molecule has 6 heteroatoms. The number of hydrogen-bond donors (Lipinski definition) is 1. The minimum atomic E-state index is -0.260. The monoisotopic (exact) mass is 398 g/mol. The molecule has 1 N–H and O–H groups in total. The maximum absolute atomic E-state index is 13.1. The molecule has 146 valence electrons. The fourth-order valence-corrected chi connectivity index (χ4v) is 3.57. The molecule has 3 aromatic rings. The molecular weight excluding hydrogens is 375 g/mol. The Morgan fingerprint density at radius 2 is 1.75 bits per heavy atom. The van der Waals surface area contributed by atoms with E-state index in [0.717, 1.165) is 42.3 Å². The van der Waals surface area contributed by atoms with Crippen molar-refractivity contribution in [3.8, 4) is 0 Å². The van der Waals surface area contributed by atoms with E-state index in [0.29, 0.717) is 5.95 Å². The molecule has 0 saturated carbocycles. The Bertz CT molecular complexity index is 989. The second-order valence-corrected chi connectivity index (χ2v) is 7.10. The van der Waals surface area contributed by atoms with Crippen LogP contribution < -0.4 is 10.2 Å². The number of rotatable bonds is 3. The van der Waals surface area contributed by atoms with Crippen LogP contribution in [0.5, 0.6) is 0 Å². The van der Waals surface area contributed by atoms with E-state index in [4.69, 9.17) is 4.98 Å². The topological polar surface area (TPSA) is 41.1 Å². The molecule has 1 aliphatic heterocycles. The first kappa shape index (κ1) is 20.1. The number of benzene rings is 2. The SMILES string of the molecule is Cc1cccc2c1CN(c1nc(Nc3ccc(F)cc3)nc(C)c1C)CC2.Cl. The normalized spacial score (nSPS) is 12.9. The largest absolute Gasteiger partial charge is 0.352 e. The molecule has 0 amide bonds. The van der Waals surface area contributed by atoms with Crippen LogP contribution in [-0.4, -0.2) is 16.5 Å². The summed E-state index contributed by atoms with van der Waals surface area (Å²) in [5.74, 6) is 1.24. The van der Waals surface area contributed by atoms with Crippen molar-refractivity contribution < 1.29 is 4.39 Å². The average Bonchev–Trinajstić information content (AvgIpc) is 2.66. The van der Waals surface area contributed by atoms with Gasteiger partial charge in [0.05, 0.1) is 0 Å².